The molecule has 0 bridgehead atoms. The number of nitrogens with zero attached hydrogens (tertiary/aromatic N) is 3. The van der Waals surface area contributed by atoms with Crippen LogP contribution in [0.1, 0.15) is 11.5 Å². The molecule has 4 heteroatoms. The third-order valence-electron chi connectivity index (χ3n) is 12.6. The van der Waals surface area contributed by atoms with Gasteiger partial charge in [-0.2, -0.15) is 0 Å². The molecule has 0 spiro atoms. The second-order valence-corrected chi connectivity index (χ2v) is 15.6. The molecule has 0 saturated carbocycles. The summed E-state index contributed by atoms with van der Waals surface area (Å²) in [4.78, 5) is 5.00. The minimum Gasteiger partial charge on any atom is -0.455 e. The van der Waals surface area contributed by atoms with E-state index in [0.29, 0.717) is 0 Å². The largest absolute Gasteiger partial charge is 0.455 e. The van der Waals surface area contributed by atoms with Gasteiger partial charge >= 0.3 is 0 Å². The molecule has 2 unspecified atom stereocenters. The molecule has 0 N–H and O–H groups in total. The number of hydrogen-bond donors (Lipinski definition) is 0. The van der Waals surface area contributed by atoms with Crippen LogP contribution < -0.4 is 9.80 Å². The molecule has 0 saturated heterocycles. The van der Waals surface area contributed by atoms with E-state index in [9.17, 15) is 0 Å². The van der Waals surface area contributed by atoms with Crippen LogP contribution in [0.5, 0.6) is 0 Å². The topological polar surface area (TPSA) is 24.0 Å². The predicted molar refractivity (Wildman–Crippen MR) is 242 cm³/mol. The van der Waals surface area contributed by atoms with E-state index in [0.717, 1.165) is 55.8 Å². The molecular weight excluding hydrogens is 707 g/mol. The Labute approximate surface area is 334 Å². The average molecular weight is 742 g/mol. The van der Waals surface area contributed by atoms with Gasteiger partial charge in [0.1, 0.15) is 11.2 Å². The summed E-state index contributed by atoms with van der Waals surface area (Å²) in [6.45, 7) is 0. The maximum atomic E-state index is 6.49. The van der Waals surface area contributed by atoms with Crippen molar-refractivity contribution in [2.45, 2.75) is 12.0 Å². The molecule has 1 aliphatic heterocycles. The lowest BCUT2D eigenvalue weighted by molar-refractivity contribution is 0.670. The van der Waals surface area contributed by atoms with Crippen LogP contribution in [0.3, 0.4) is 0 Å². The van der Waals surface area contributed by atoms with Crippen LogP contribution in [0.15, 0.2) is 205 Å². The first kappa shape index (κ1) is 31.6. The minimum atomic E-state index is 0.172. The fourth-order valence-corrected chi connectivity index (χ4v) is 10.2. The van der Waals surface area contributed by atoms with E-state index in [1.807, 2.05) is 6.07 Å². The van der Waals surface area contributed by atoms with E-state index in [-0.39, 0.29) is 12.0 Å². The van der Waals surface area contributed by atoms with Crippen LogP contribution in [0.4, 0.5) is 28.4 Å². The van der Waals surface area contributed by atoms with Crippen LogP contribution in [0.25, 0.3) is 71.2 Å². The molecule has 0 amide bonds. The molecule has 272 valence electrons. The summed E-state index contributed by atoms with van der Waals surface area (Å²) in [5.41, 5.74) is 14.8. The number of benzene rings is 8. The van der Waals surface area contributed by atoms with Crippen molar-refractivity contribution in [3.8, 4) is 11.1 Å². The first-order valence-electron chi connectivity index (χ1n) is 20.1. The van der Waals surface area contributed by atoms with E-state index in [4.69, 9.17) is 4.42 Å². The lowest BCUT2D eigenvalue weighted by Crippen LogP contribution is -2.29. The van der Waals surface area contributed by atoms with E-state index in [1.54, 1.807) is 0 Å². The molecule has 0 radical (unpaired) electrons. The summed E-state index contributed by atoms with van der Waals surface area (Å²) in [6.07, 6.45) is 9.10. The minimum absolute atomic E-state index is 0.172. The number of fused-ring (bicyclic) bond motifs is 12. The molecule has 3 aromatic heterocycles. The highest BCUT2D eigenvalue weighted by atomic mass is 16.3. The fourth-order valence-electron chi connectivity index (χ4n) is 10.2. The summed E-state index contributed by atoms with van der Waals surface area (Å²) >= 11 is 0. The maximum absolute atomic E-state index is 6.49. The molecule has 4 nitrogen and oxygen atoms in total. The van der Waals surface area contributed by atoms with Gasteiger partial charge in [-0.15, -0.1) is 0 Å². The maximum Gasteiger partial charge on any atom is 0.143 e. The van der Waals surface area contributed by atoms with Gasteiger partial charge in [0.25, 0.3) is 0 Å². The first-order chi connectivity index (χ1) is 28.8. The Morgan fingerprint density at radius 3 is 2.05 bits per heavy atom. The Morgan fingerprint density at radius 1 is 0.483 bits per heavy atom. The van der Waals surface area contributed by atoms with Gasteiger partial charge in [-0.1, -0.05) is 146 Å². The van der Waals surface area contributed by atoms with Gasteiger partial charge in [0.05, 0.1) is 34.0 Å². The molecule has 11 aromatic rings. The van der Waals surface area contributed by atoms with Crippen molar-refractivity contribution in [3.63, 3.8) is 0 Å². The third-order valence-corrected chi connectivity index (χ3v) is 12.6. The summed E-state index contributed by atoms with van der Waals surface area (Å²) < 4.78 is 8.96. The molecule has 0 fully saturated rings. The molecule has 8 aromatic carbocycles. The molecular formula is C54H35N3O. The number of para-hydroxylation sites is 7. The van der Waals surface area contributed by atoms with E-state index >= 15 is 0 Å². The van der Waals surface area contributed by atoms with Gasteiger partial charge < -0.3 is 18.6 Å². The van der Waals surface area contributed by atoms with Crippen molar-refractivity contribution in [2.24, 2.45) is 0 Å². The Hall–Kier alpha value is -7.56. The van der Waals surface area contributed by atoms with Crippen LogP contribution in [-0.4, -0.2) is 10.4 Å². The van der Waals surface area contributed by atoms with Crippen molar-refractivity contribution in [3.05, 3.63) is 206 Å². The van der Waals surface area contributed by atoms with E-state index in [2.05, 4.69) is 208 Å². The highest BCUT2D eigenvalue weighted by Crippen LogP contribution is 2.52. The van der Waals surface area contributed by atoms with E-state index in [1.165, 1.54) is 49.3 Å². The standard InChI is InChI=1S/C54H35N3O/c1-5-21-46-38(13-1)39-14-2-6-22-47(39)56(46)50-25-9-8-24-49(50)55(35-29-27-34(28-30-35)37-17-11-20-45-42-16-4-10-26-52(42)58-54(37)45)36-31-32-41-44-19-12-18-43-40-15-3-7-23-48(40)57(53(43)44)51(41)33-36/h1-33,38,46H. The third kappa shape index (κ3) is 4.34. The number of allylic oxidation sites excluding steroid dienone is 2. The lowest BCUT2D eigenvalue weighted by Gasteiger charge is -2.34. The molecule has 2 aliphatic rings. The molecule has 13 rings (SSSR count). The zero-order valence-corrected chi connectivity index (χ0v) is 31.5. The number of rotatable bonds is 5. The van der Waals surface area contributed by atoms with Crippen LogP contribution in [0, 0.1) is 0 Å². The molecule has 1 aliphatic carbocycles. The van der Waals surface area contributed by atoms with Gasteiger partial charge in [-0.25, -0.2) is 0 Å². The van der Waals surface area contributed by atoms with Gasteiger partial charge in [0.2, 0.25) is 0 Å². The zero-order valence-electron chi connectivity index (χ0n) is 31.5. The zero-order chi connectivity index (χ0) is 37.9. The van der Waals surface area contributed by atoms with Crippen molar-refractivity contribution in [1.82, 2.24) is 4.40 Å². The van der Waals surface area contributed by atoms with Gasteiger partial charge in [0.15, 0.2) is 0 Å². The highest BCUT2D eigenvalue weighted by molar-refractivity contribution is 6.23. The second-order valence-electron chi connectivity index (χ2n) is 15.6. The Balaban J connectivity index is 1.04. The summed E-state index contributed by atoms with van der Waals surface area (Å²) in [5, 5.41) is 7.38. The van der Waals surface area contributed by atoms with Crippen molar-refractivity contribution < 1.29 is 4.42 Å². The van der Waals surface area contributed by atoms with Crippen LogP contribution >= 0.6 is 0 Å². The SMILES string of the molecule is C1=CC2c3ccccc3N(c3ccccc3N(c3ccc(-c4cccc5c4oc4ccccc45)cc3)c3ccc4c5cccc6c7ccccc7n(c4c3)c65)C2C=C1. The molecule has 2 atom stereocenters. The average Bonchev–Trinajstić information content (AvgIpc) is 4.03. The monoisotopic (exact) mass is 741 g/mol. The summed E-state index contributed by atoms with van der Waals surface area (Å²) in [5.74, 6) is 0.283. The summed E-state index contributed by atoms with van der Waals surface area (Å²) in [7, 11) is 0. The van der Waals surface area contributed by atoms with Crippen LogP contribution in [0.2, 0.25) is 0 Å². The van der Waals surface area contributed by atoms with Gasteiger partial charge in [-0.05, 0) is 65.7 Å². The number of anilines is 5. The quantitative estimate of drug-likeness (QED) is 0.176. The van der Waals surface area contributed by atoms with Gasteiger partial charge in [-0.3, -0.25) is 0 Å². The molecule has 4 heterocycles. The predicted octanol–water partition coefficient (Wildman–Crippen LogP) is 14.6. The van der Waals surface area contributed by atoms with Crippen LogP contribution in [-0.2, 0) is 0 Å². The smallest absolute Gasteiger partial charge is 0.143 e. The lowest BCUT2D eigenvalue weighted by atomic mass is 9.91. The number of aromatic nitrogens is 1. The van der Waals surface area contributed by atoms with E-state index < -0.39 is 0 Å². The highest BCUT2D eigenvalue weighted by Gasteiger charge is 2.38. The first-order valence-corrected chi connectivity index (χ1v) is 20.1. The number of hydrogen-bond acceptors (Lipinski definition) is 3. The van der Waals surface area contributed by atoms with Gasteiger partial charge in [0, 0.05) is 60.9 Å². The molecule has 58 heavy (non-hydrogen) atoms. The Bertz CT molecular complexity index is 3490. The number of furan rings is 1. The van der Waals surface area contributed by atoms with Crippen molar-refractivity contribution in [2.75, 3.05) is 9.80 Å². The van der Waals surface area contributed by atoms with Crippen molar-refractivity contribution >= 4 is 88.5 Å². The normalized spacial score (nSPS) is 16.1. The fraction of sp³-hybridized carbons (Fsp3) is 0.0370. The summed E-state index contributed by atoms with van der Waals surface area (Å²) in [6, 6.07) is 64.3. The van der Waals surface area contributed by atoms with Crippen molar-refractivity contribution in [1.29, 1.82) is 0 Å². The second kappa shape index (κ2) is 12.0. The Kier molecular flexibility index (Phi) is 6.53. The Morgan fingerprint density at radius 2 is 1.16 bits per heavy atom.